The highest BCUT2D eigenvalue weighted by Gasteiger charge is 2.39. The van der Waals surface area contributed by atoms with Crippen LogP contribution in [0.2, 0.25) is 0 Å². The van der Waals surface area contributed by atoms with Crippen molar-refractivity contribution in [1.29, 1.82) is 0 Å². The van der Waals surface area contributed by atoms with Gasteiger partial charge in [-0.25, -0.2) is 0 Å². The van der Waals surface area contributed by atoms with Crippen LogP contribution in [-0.2, 0) is 0 Å². The highest BCUT2D eigenvalue weighted by Crippen LogP contribution is 2.36. The van der Waals surface area contributed by atoms with E-state index in [0.29, 0.717) is 0 Å². The average molecular weight is 580 g/mol. The van der Waals surface area contributed by atoms with Gasteiger partial charge in [0.15, 0.2) is 0 Å². The molecule has 210 valence electrons. The molecule has 0 aliphatic carbocycles. The zero-order valence-corrected chi connectivity index (χ0v) is 25.1. The quantitative estimate of drug-likeness (QED) is 0.238. The fourth-order valence-corrected chi connectivity index (χ4v) is 8.86. The number of nitrogens with zero attached hydrogens (tertiary/aromatic N) is 2. The van der Waals surface area contributed by atoms with Crippen molar-refractivity contribution in [3.05, 3.63) is 158 Å². The highest BCUT2D eigenvalue weighted by molar-refractivity contribution is 7.00. The van der Waals surface area contributed by atoms with E-state index in [-0.39, 0.29) is 13.4 Å². The van der Waals surface area contributed by atoms with Crippen molar-refractivity contribution in [1.82, 2.24) is 9.13 Å². The molecule has 0 radical (unpaired) electrons. The summed E-state index contributed by atoms with van der Waals surface area (Å²) in [5.74, 6) is 0. The van der Waals surface area contributed by atoms with Crippen molar-refractivity contribution in [2.24, 2.45) is 0 Å². The first-order chi connectivity index (χ1) is 22.9. The lowest BCUT2D eigenvalue weighted by atomic mass is 9.33. The summed E-state index contributed by atoms with van der Waals surface area (Å²) in [6, 6.07) is 58.9. The molecule has 7 aromatic carbocycles. The van der Waals surface area contributed by atoms with E-state index in [2.05, 4.69) is 167 Å². The third-order valence-corrected chi connectivity index (χ3v) is 10.6. The Balaban J connectivity index is 1.35. The van der Waals surface area contributed by atoms with E-state index in [9.17, 15) is 0 Å². The Hall–Kier alpha value is -5.73. The van der Waals surface area contributed by atoms with Crippen LogP contribution in [-0.4, -0.2) is 22.6 Å². The van der Waals surface area contributed by atoms with Crippen molar-refractivity contribution in [2.45, 2.75) is 0 Å². The zero-order chi connectivity index (χ0) is 29.9. The Morgan fingerprint density at radius 3 is 1.17 bits per heavy atom. The van der Waals surface area contributed by atoms with Gasteiger partial charge in [-0.1, -0.05) is 144 Å². The van der Waals surface area contributed by atoms with Gasteiger partial charge >= 0.3 is 0 Å². The first-order valence-electron chi connectivity index (χ1n) is 16.2. The van der Waals surface area contributed by atoms with Gasteiger partial charge in [0, 0.05) is 44.0 Å². The number of hydrogen-bond acceptors (Lipinski definition) is 0. The van der Waals surface area contributed by atoms with E-state index in [1.54, 1.807) is 0 Å². The van der Waals surface area contributed by atoms with E-state index < -0.39 is 0 Å². The van der Waals surface area contributed by atoms with Crippen molar-refractivity contribution < 1.29 is 0 Å². The second-order valence-electron chi connectivity index (χ2n) is 12.8. The van der Waals surface area contributed by atoms with Crippen LogP contribution in [0.25, 0.3) is 55.0 Å². The fraction of sp³-hybridized carbons (Fsp3) is 0. The molecular formula is C42H26B2N2. The van der Waals surface area contributed by atoms with Crippen LogP contribution in [0.5, 0.6) is 0 Å². The van der Waals surface area contributed by atoms with Crippen LogP contribution >= 0.6 is 0 Å². The van der Waals surface area contributed by atoms with Crippen molar-refractivity contribution in [2.75, 3.05) is 0 Å². The van der Waals surface area contributed by atoms with Crippen LogP contribution in [0.15, 0.2) is 158 Å². The second kappa shape index (κ2) is 8.93. The first kappa shape index (κ1) is 24.6. The SMILES string of the molecule is c1ccc(B2c3cc4c(cc3-n3c5ccccc5c5cccc2c53)B(c2ccccc2)c2cccc3c5ccccc5n-4c23)cc1. The maximum Gasteiger partial charge on any atom is 0.246 e. The van der Waals surface area contributed by atoms with Crippen LogP contribution in [0, 0.1) is 0 Å². The third-order valence-electron chi connectivity index (χ3n) is 10.6. The van der Waals surface area contributed by atoms with Gasteiger partial charge in [0.1, 0.15) is 0 Å². The molecule has 2 aliphatic heterocycles. The molecule has 0 bridgehead atoms. The van der Waals surface area contributed by atoms with Gasteiger partial charge in [-0.05, 0) is 46.1 Å². The topological polar surface area (TPSA) is 9.86 Å². The minimum Gasteiger partial charge on any atom is -0.310 e. The van der Waals surface area contributed by atoms with Crippen LogP contribution < -0.4 is 32.8 Å². The third kappa shape index (κ3) is 3.04. The molecule has 0 spiro atoms. The van der Waals surface area contributed by atoms with Gasteiger partial charge in [-0.2, -0.15) is 0 Å². The van der Waals surface area contributed by atoms with Gasteiger partial charge in [-0.3, -0.25) is 0 Å². The Labute approximate surface area is 267 Å². The number of fused-ring (bicyclic) bond motifs is 10. The minimum atomic E-state index is 0.117. The molecule has 0 fully saturated rings. The summed E-state index contributed by atoms with van der Waals surface area (Å²) < 4.78 is 5.11. The molecule has 0 atom stereocenters. The van der Waals surface area contributed by atoms with Gasteiger partial charge < -0.3 is 9.13 Å². The normalized spacial score (nSPS) is 13.1. The Bertz CT molecular complexity index is 2510. The number of para-hydroxylation sites is 4. The molecule has 0 unspecified atom stereocenters. The maximum atomic E-state index is 2.56. The predicted octanol–water partition coefficient (Wildman–Crippen LogP) is 5.54. The Morgan fingerprint density at radius 1 is 0.326 bits per heavy atom. The second-order valence-corrected chi connectivity index (χ2v) is 12.8. The summed E-state index contributed by atoms with van der Waals surface area (Å²) in [6.07, 6.45) is 0. The van der Waals surface area contributed by atoms with E-state index in [1.165, 1.54) is 87.8 Å². The lowest BCUT2D eigenvalue weighted by Gasteiger charge is -2.32. The zero-order valence-electron chi connectivity index (χ0n) is 25.1. The molecule has 11 rings (SSSR count). The molecule has 0 N–H and O–H groups in total. The van der Waals surface area contributed by atoms with Crippen molar-refractivity contribution in [3.8, 4) is 11.4 Å². The molecule has 9 aromatic rings. The molecule has 46 heavy (non-hydrogen) atoms. The molecule has 4 heterocycles. The summed E-state index contributed by atoms with van der Waals surface area (Å²) in [6.45, 7) is 0.235. The van der Waals surface area contributed by atoms with E-state index in [1.807, 2.05) is 0 Å². The van der Waals surface area contributed by atoms with Gasteiger partial charge in [0.05, 0.1) is 11.0 Å². The van der Waals surface area contributed by atoms with Crippen molar-refractivity contribution >= 4 is 89.8 Å². The summed E-state index contributed by atoms with van der Waals surface area (Å²) >= 11 is 0. The molecule has 2 nitrogen and oxygen atoms in total. The molecule has 2 aliphatic rings. The van der Waals surface area contributed by atoms with E-state index >= 15 is 0 Å². The summed E-state index contributed by atoms with van der Waals surface area (Å²) in [7, 11) is 0. The van der Waals surface area contributed by atoms with Gasteiger partial charge in [-0.15, -0.1) is 0 Å². The summed E-state index contributed by atoms with van der Waals surface area (Å²) in [5.41, 5.74) is 15.8. The molecular weight excluding hydrogens is 554 g/mol. The Morgan fingerprint density at radius 2 is 0.717 bits per heavy atom. The monoisotopic (exact) mass is 580 g/mol. The van der Waals surface area contributed by atoms with E-state index in [4.69, 9.17) is 0 Å². The van der Waals surface area contributed by atoms with E-state index in [0.717, 1.165) is 0 Å². The summed E-state index contributed by atoms with van der Waals surface area (Å²) in [4.78, 5) is 0. The molecule has 0 amide bonds. The lowest BCUT2D eigenvalue weighted by Crippen LogP contribution is -2.59. The Kier molecular flexibility index (Phi) is 4.77. The lowest BCUT2D eigenvalue weighted by molar-refractivity contribution is 1.16. The molecule has 2 aromatic heterocycles. The fourth-order valence-electron chi connectivity index (χ4n) is 8.86. The first-order valence-corrected chi connectivity index (χ1v) is 16.2. The highest BCUT2D eigenvalue weighted by atomic mass is 15.0. The molecule has 0 saturated heterocycles. The number of hydrogen-bond donors (Lipinski definition) is 0. The number of aromatic nitrogens is 2. The maximum absolute atomic E-state index is 2.56. The molecule has 4 heteroatoms. The van der Waals surface area contributed by atoms with Crippen molar-refractivity contribution in [3.63, 3.8) is 0 Å². The number of benzene rings is 7. The minimum absolute atomic E-state index is 0.117. The van der Waals surface area contributed by atoms with Gasteiger partial charge in [0.2, 0.25) is 13.4 Å². The average Bonchev–Trinajstić information content (AvgIpc) is 3.64. The van der Waals surface area contributed by atoms with Crippen LogP contribution in [0.3, 0.4) is 0 Å². The predicted molar refractivity (Wildman–Crippen MR) is 197 cm³/mol. The standard InChI is InChI=1S/C42H26B2N2/c1-3-13-27(14-4-1)43-33-21-11-19-31-29-17-7-9-23-37(29)45(41(31)33)39-26-36-40(25-35(39)43)46-38-24-10-8-18-30(38)32-20-12-22-34(42(32)46)44(36)28-15-5-2-6-16-28/h1-26H. The summed E-state index contributed by atoms with van der Waals surface area (Å²) in [5, 5.41) is 5.25. The van der Waals surface area contributed by atoms with Crippen LogP contribution in [0.4, 0.5) is 0 Å². The van der Waals surface area contributed by atoms with Gasteiger partial charge in [0.25, 0.3) is 0 Å². The largest absolute Gasteiger partial charge is 0.310 e. The van der Waals surface area contributed by atoms with Crippen LogP contribution in [0.1, 0.15) is 0 Å². The molecule has 0 saturated carbocycles. The smallest absolute Gasteiger partial charge is 0.246 e. The number of rotatable bonds is 2.